The van der Waals surface area contributed by atoms with Crippen LogP contribution in [0.4, 0.5) is 61.5 Å². The Labute approximate surface area is 447 Å². The Hall–Kier alpha value is -8.31. The van der Waals surface area contributed by atoms with Gasteiger partial charge in [0.25, 0.3) is 11.8 Å². The lowest BCUT2D eigenvalue weighted by molar-refractivity contribution is -0.275. The van der Waals surface area contributed by atoms with E-state index in [4.69, 9.17) is 14.2 Å². The molecule has 6 heterocycles. The van der Waals surface area contributed by atoms with Crippen molar-refractivity contribution in [3.63, 3.8) is 0 Å². The highest BCUT2D eigenvalue weighted by atomic mass is 19.4. The maximum atomic E-state index is 14.3. The summed E-state index contributed by atoms with van der Waals surface area (Å²) in [6.07, 6.45) is 0.336. The lowest BCUT2D eigenvalue weighted by atomic mass is 9.91. The summed E-state index contributed by atoms with van der Waals surface area (Å²) in [7, 11) is 1.32. The normalized spacial score (nSPS) is 15.6. The number of methoxy groups -OCH3 is 1. The van der Waals surface area contributed by atoms with E-state index in [0.717, 1.165) is 33.4 Å². The molecule has 0 atom stereocenters. The van der Waals surface area contributed by atoms with Gasteiger partial charge in [-0.2, -0.15) is 26.3 Å². The van der Waals surface area contributed by atoms with Gasteiger partial charge in [-0.15, -0.1) is 43.8 Å². The Morgan fingerprint density at radius 2 is 0.975 bits per heavy atom. The first-order valence-corrected chi connectivity index (χ1v) is 24.0. The van der Waals surface area contributed by atoms with E-state index in [2.05, 4.69) is 50.3 Å². The summed E-state index contributed by atoms with van der Waals surface area (Å²) in [5.74, 6) is -17.4. The highest BCUT2D eigenvalue weighted by Gasteiger charge is 2.48. The van der Waals surface area contributed by atoms with Gasteiger partial charge in [-0.05, 0) is 67.1 Å². The van der Waals surface area contributed by atoms with Gasteiger partial charge in [0.15, 0.2) is 28.5 Å². The monoisotopic (exact) mass is 1150 g/mol. The summed E-state index contributed by atoms with van der Waals surface area (Å²) in [5.41, 5.74) is 3.69. The smallest absolute Gasteiger partial charge is 0.490 e. The van der Waals surface area contributed by atoms with Crippen LogP contribution < -0.4 is 14.2 Å². The summed E-state index contributed by atoms with van der Waals surface area (Å²) in [6, 6.07) is 12.8. The van der Waals surface area contributed by atoms with E-state index in [1.807, 2.05) is 6.92 Å². The van der Waals surface area contributed by atoms with Gasteiger partial charge in [-0.1, -0.05) is 0 Å². The van der Waals surface area contributed by atoms with E-state index < -0.39 is 90.1 Å². The van der Waals surface area contributed by atoms with Crippen LogP contribution in [0.1, 0.15) is 75.1 Å². The van der Waals surface area contributed by atoms with E-state index >= 15 is 0 Å². The van der Waals surface area contributed by atoms with Crippen molar-refractivity contribution in [3.05, 3.63) is 126 Å². The van der Waals surface area contributed by atoms with E-state index in [-0.39, 0.29) is 59.1 Å². The molecule has 11 rings (SSSR count). The molecule has 0 bridgehead atoms. The molecule has 0 saturated heterocycles. The molecule has 428 valence electrons. The molecule has 30 heteroatoms. The first-order chi connectivity index (χ1) is 37.8. The number of halogens is 14. The van der Waals surface area contributed by atoms with E-state index in [1.165, 1.54) is 73.0 Å². The maximum Gasteiger partial charge on any atom is 0.573 e. The number of nitrogens with zero attached hydrogens (tertiary/aromatic N) is 12. The molecular weight excluding hydrogens is 1110 g/mol. The van der Waals surface area contributed by atoms with Crippen LogP contribution in [0.15, 0.2) is 91.8 Å². The molecule has 2 aliphatic rings. The molecule has 2 fully saturated rings. The first kappa shape index (κ1) is 57.4. The summed E-state index contributed by atoms with van der Waals surface area (Å²) >= 11 is 0. The maximum absolute atomic E-state index is 14.3. The topological polar surface area (TPSA) is 166 Å². The number of aryl methyl sites for hydroxylation is 1. The molecule has 0 unspecified atom stereocenters. The summed E-state index contributed by atoms with van der Waals surface area (Å²) in [6.45, 7) is 3.80. The van der Waals surface area contributed by atoms with Crippen LogP contribution in [-0.2, 0) is 29.1 Å². The third kappa shape index (κ3) is 13.2. The van der Waals surface area contributed by atoms with Gasteiger partial charge in [0, 0.05) is 94.4 Å². The molecule has 16 nitrogen and oxygen atoms in total. The third-order valence-electron chi connectivity index (χ3n) is 12.3. The van der Waals surface area contributed by atoms with Crippen LogP contribution >= 0.6 is 0 Å². The molecule has 0 spiro atoms. The Morgan fingerprint density at radius 1 is 0.543 bits per heavy atom. The molecular formula is C51H42F14N12O4. The van der Waals surface area contributed by atoms with Crippen molar-refractivity contribution in [2.45, 2.75) is 108 Å². The quantitative estimate of drug-likeness (QED) is 0.100. The molecule has 6 aromatic heterocycles. The van der Waals surface area contributed by atoms with E-state index in [0.29, 0.717) is 42.0 Å². The van der Waals surface area contributed by atoms with Crippen molar-refractivity contribution in [1.82, 2.24) is 58.7 Å². The van der Waals surface area contributed by atoms with Gasteiger partial charge < -0.3 is 18.9 Å². The SMILES string of the molecule is CC(F)(F)c1nnc2cnc(-c3ccc(OC4CC(F)(F)C4)c(F)c3)cn12.COCc1cc(-c2cn3c(C(C)(F)F)nnc3cn2)ccc1OC(F)(F)F.Cc1cc(OC2CC(F)(F)C2)ccc1-c1cn2c(C(C)(F)F)nnc2cn1. The molecule has 2 aliphatic carbocycles. The molecule has 81 heavy (non-hydrogen) atoms. The second-order valence-corrected chi connectivity index (χ2v) is 19.2. The number of hydrogen-bond acceptors (Lipinski definition) is 13. The number of rotatable bonds is 13. The second kappa shape index (κ2) is 21.3. The predicted molar refractivity (Wildman–Crippen MR) is 257 cm³/mol. The average Bonchev–Trinajstić information content (AvgIpc) is 4.28. The fourth-order valence-electron chi connectivity index (χ4n) is 8.48. The standard InChI is InChI=1S/C18H16F4N4O.C17H13F5N4O.C16H13F5N4O2/c1-10-5-11(27-12-6-18(21,22)7-12)3-4-13(10)14-9-26-15(8-23-14)24-25-16(26)17(2,19)20;1-16(19,20)15-25-24-14-7-23-12(8-26(14)15)9-2-3-13(11(18)4-9)27-10-5-17(21,22)6-10;1-15(17,18)14-24-23-13-6-22-11(7-25(13)14)9-3-4-12(27-16(19,20)21)10(5-9)8-26-2/h3-5,8-9,12H,6-7H2,1-2H3;2-4,7-8,10H,5-6H2,1H3;3-7H,8H2,1-2H3. The van der Waals surface area contributed by atoms with E-state index in [9.17, 15) is 61.5 Å². The number of hydrogen-bond donors (Lipinski definition) is 0. The van der Waals surface area contributed by atoms with Crippen LogP contribution in [-0.4, -0.2) is 96.3 Å². The molecule has 2 saturated carbocycles. The summed E-state index contributed by atoms with van der Waals surface area (Å²) < 4.78 is 208. The Balaban J connectivity index is 0.000000147. The fraction of sp³-hybridized carbons (Fsp3) is 0.353. The summed E-state index contributed by atoms with van der Waals surface area (Å²) in [5, 5.41) is 21.4. The third-order valence-corrected chi connectivity index (χ3v) is 12.3. The zero-order valence-corrected chi connectivity index (χ0v) is 42.6. The van der Waals surface area contributed by atoms with Crippen molar-refractivity contribution in [2.75, 3.05) is 7.11 Å². The minimum atomic E-state index is -4.86. The highest BCUT2D eigenvalue weighted by Crippen LogP contribution is 2.42. The molecule has 0 aliphatic heterocycles. The van der Waals surface area contributed by atoms with Crippen molar-refractivity contribution < 1.29 is 80.4 Å². The number of benzene rings is 3. The lowest BCUT2D eigenvalue weighted by Crippen LogP contribution is -2.43. The van der Waals surface area contributed by atoms with Gasteiger partial charge in [0.05, 0.1) is 42.3 Å². The zero-order valence-electron chi connectivity index (χ0n) is 42.6. The Kier molecular flexibility index (Phi) is 15.1. The largest absolute Gasteiger partial charge is 0.573 e. The molecule has 0 amide bonds. The fourth-order valence-corrected chi connectivity index (χ4v) is 8.48. The van der Waals surface area contributed by atoms with Crippen molar-refractivity contribution in [1.29, 1.82) is 0 Å². The Morgan fingerprint density at radius 3 is 1.40 bits per heavy atom. The Bertz CT molecular complexity index is 3740. The molecule has 3 aromatic carbocycles. The second-order valence-electron chi connectivity index (χ2n) is 19.2. The molecule has 0 N–H and O–H groups in total. The number of fused-ring (bicyclic) bond motifs is 3. The van der Waals surface area contributed by atoms with Crippen LogP contribution in [0.3, 0.4) is 0 Å². The minimum Gasteiger partial charge on any atom is -0.490 e. The minimum absolute atomic E-state index is 0.115. The van der Waals surface area contributed by atoms with Gasteiger partial charge in [0.2, 0.25) is 17.5 Å². The highest BCUT2D eigenvalue weighted by molar-refractivity contribution is 5.66. The van der Waals surface area contributed by atoms with Crippen LogP contribution in [0, 0.1) is 12.7 Å². The number of alkyl halides is 13. The number of ether oxygens (including phenoxy) is 4. The lowest BCUT2D eigenvalue weighted by Gasteiger charge is -2.34. The van der Waals surface area contributed by atoms with Gasteiger partial charge in [0.1, 0.15) is 23.7 Å². The van der Waals surface area contributed by atoms with Gasteiger partial charge in [-0.25, -0.2) is 22.0 Å². The average molecular weight is 1150 g/mol. The van der Waals surface area contributed by atoms with Gasteiger partial charge in [-0.3, -0.25) is 28.2 Å². The van der Waals surface area contributed by atoms with Crippen LogP contribution in [0.2, 0.25) is 0 Å². The predicted octanol–water partition coefficient (Wildman–Crippen LogP) is 12.6. The number of aromatic nitrogens is 12. The first-order valence-electron chi connectivity index (χ1n) is 24.0. The molecule has 9 aromatic rings. The van der Waals surface area contributed by atoms with Crippen molar-refractivity contribution in [3.8, 4) is 51.0 Å². The van der Waals surface area contributed by atoms with Crippen molar-refractivity contribution in [2.24, 2.45) is 0 Å². The van der Waals surface area contributed by atoms with Crippen LogP contribution in [0.5, 0.6) is 17.2 Å². The summed E-state index contributed by atoms with van der Waals surface area (Å²) in [4.78, 5) is 12.4. The van der Waals surface area contributed by atoms with Crippen LogP contribution in [0.25, 0.3) is 50.7 Å². The van der Waals surface area contributed by atoms with Crippen molar-refractivity contribution >= 4 is 16.9 Å². The van der Waals surface area contributed by atoms with Gasteiger partial charge >= 0.3 is 24.1 Å². The van der Waals surface area contributed by atoms with E-state index in [1.54, 1.807) is 18.2 Å². The zero-order chi connectivity index (χ0) is 58.6. The molecule has 0 radical (unpaired) electrons.